The van der Waals surface area contributed by atoms with Crippen LogP contribution in [0.25, 0.3) is 0 Å². The number of carbonyl (C=O) groups is 3. The van der Waals surface area contributed by atoms with E-state index in [2.05, 4.69) is 10.3 Å². The molecule has 1 rings (SSSR count). The van der Waals surface area contributed by atoms with Crippen LogP contribution in [0.4, 0.5) is 0 Å². The van der Waals surface area contributed by atoms with Crippen LogP contribution >= 0.6 is 0 Å². The molecule has 1 heterocycles. The van der Waals surface area contributed by atoms with Crippen molar-refractivity contribution in [2.75, 3.05) is 0 Å². The van der Waals surface area contributed by atoms with E-state index in [9.17, 15) is 19.2 Å². The molecule has 1 aromatic rings. The lowest BCUT2D eigenvalue weighted by atomic mass is 10.1. The fourth-order valence-corrected chi connectivity index (χ4v) is 1.38. The zero-order valence-corrected chi connectivity index (χ0v) is 9.88. The summed E-state index contributed by atoms with van der Waals surface area (Å²) < 4.78 is 0. The maximum absolute atomic E-state index is 11.7. The first-order chi connectivity index (χ1) is 8.91. The van der Waals surface area contributed by atoms with Gasteiger partial charge in [-0.05, 0) is 18.6 Å². The van der Waals surface area contributed by atoms with E-state index in [1.165, 1.54) is 18.3 Å². The smallest absolute Gasteiger partial charge is 0.326 e. The van der Waals surface area contributed by atoms with Crippen molar-refractivity contribution in [3.63, 3.8) is 0 Å². The summed E-state index contributed by atoms with van der Waals surface area (Å²) in [6, 6.07) is 1.43. The number of aromatic nitrogens is 1. The third-order valence-corrected chi connectivity index (χ3v) is 2.35. The minimum Gasteiger partial charge on any atom is -0.480 e. The molecular weight excluding hydrogens is 254 g/mol. The van der Waals surface area contributed by atoms with Gasteiger partial charge in [-0.25, -0.2) is 4.79 Å². The summed E-state index contributed by atoms with van der Waals surface area (Å²) in [4.78, 5) is 46.9. The van der Waals surface area contributed by atoms with E-state index in [1.54, 1.807) is 0 Å². The van der Waals surface area contributed by atoms with E-state index in [1.807, 2.05) is 0 Å². The van der Waals surface area contributed by atoms with Gasteiger partial charge >= 0.3 is 5.97 Å². The van der Waals surface area contributed by atoms with Gasteiger partial charge < -0.3 is 21.1 Å². The normalized spacial score (nSPS) is 11.6. The SMILES string of the molecule is NC(=O)CCC(NC(=O)c1ccc[nH]c1=O)C(=O)O. The number of hydrogen-bond acceptors (Lipinski definition) is 4. The number of H-pyrrole nitrogens is 1. The Morgan fingerprint density at radius 3 is 2.63 bits per heavy atom. The highest BCUT2D eigenvalue weighted by atomic mass is 16.4. The summed E-state index contributed by atoms with van der Waals surface area (Å²) in [7, 11) is 0. The lowest BCUT2D eigenvalue weighted by molar-refractivity contribution is -0.139. The van der Waals surface area contributed by atoms with Crippen LogP contribution in [0.5, 0.6) is 0 Å². The van der Waals surface area contributed by atoms with Gasteiger partial charge in [0.25, 0.3) is 11.5 Å². The van der Waals surface area contributed by atoms with Crippen LogP contribution in [0.2, 0.25) is 0 Å². The Balaban J connectivity index is 2.77. The van der Waals surface area contributed by atoms with Crippen LogP contribution in [-0.4, -0.2) is 33.9 Å². The highest BCUT2D eigenvalue weighted by Gasteiger charge is 2.22. The molecule has 0 radical (unpaired) electrons. The molecule has 19 heavy (non-hydrogen) atoms. The number of primary amides is 1. The maximum atomic E-state index is 11.7. The maximum Gasteiger partial charge on any atom is 0.326 e. The van der Waals surface area contributed by atoms with Crippen molar-refractivity contribution in [2.45, 2.75) is 18.9 Å². The Hall–Kier alpha value is -2.64. The van der Waals surface area contributed by atoms with Crippen molar-refractivity contribution in [3.8, 4) is 0 Å². The van der Waals surface area contributed by atoms with Gasteiger partial charge in [0.05, 0.1) is 0 Å². The van der Waals surface area contributed by atoms with Crippen LogP contribution in [0.1, 0.15) is 23.2 Å². The number of carbonyl (C=O) groups excluding carboxylic acids is 2. The number of nitrogens with one attached hydrogen (secondary N) is 2. The fraction of sp³-hybridized carbons (Fsp3) is 0.273. The standard InChI is InChI=1S/C11H13N3O5/c12-8(15)4-3-7(11(18)19)14-10(17)6-2-1-5-13-9(6)16/h1-2,5,7H,3-4H2,(H2,12,15)(H,13,16)(H,14,17)(H,18,19). The highest BCUT2D eigenvalue weighted by Crippen LogP contribution is 1.99. The van der Waals surface area contributed by atoms with E-state index in [-0.39, 0.29) is 18.4 Å². The summed E-state index contributed by atoms with van der Waals surface area (Å²) in [5.74, 6) is -2.79. The Labute approximate surface area is 107 Å². The zero-order chi connectivity index (χ0) is 14.4. The number of carboxylic acids is 1. The molecule has 0 aliphatic carbocycles. The van der Waals surface area contributed by atoms with Gasteiger partial charge in [-0.3, -0.25) is 14.4 Å². The van der Waals surface area contributed by atoms with Crippen molar-refractivity contribution in [2.24, 2.45) is 5.73 Å². The van der Waals surface area contributed by atoms with E-state index in [0.29, 0.717) is 0 Å². The van der Waals surface area contributed by atoms with Gasteiger partial charge in [-0.15, -0.1) is 0 Å². The predicted octanol–water partition coefficient (Wildman–Crippen LogP) is -1.18. The van der Waals surface area contributed by atoms with E-state index < -0.39 is 29.4 Å². The second-order valence-corrected chi connectivity index (χ2v) is 3.78. The van der Waals surface area contributed by atoms with Crippen LogP contribution in [0.3, 0.4) is 0 Å². The molecule has 0 aromatic carbocycles. The molecule has 0 bridgehead atoms. The Morgan fingerprint density at radius 2 is 2.11 bits per heavy atom. The fourth-order valence-electron chi connectivity index (χ4n) is 1.38. The van der Waals surface area contributed by atoms with E-state index >= 15 is 0 Å². The number of pyridine rings is 1. The van der Waals surface area contributed by atoms with Gasteiger partial charge in [-0.2, -0.15) is 0 Å². The average molecular weight is 267 g/mol. The summed E-state index contributed by atoms with van der Waals surface area (Å²) in [5.41, 5.74) is 4.08. The molecule has 2 amide bonds. The number of hydrogen-bond donors (Lipinski definition) is 4. The minimum absolute atomic E-state index is 0.138. The first-order valence-corrected chi connectivity index (χ1v) is 5.41. The van der Waals surface area contributed by atoms with Gasteiger partial charge in [0.1, 0.15) is 11.6 Å². The summed E-state index contributed by atoms with van der Waals surface area (Å²) >= 11 is 0. The van der Waals surface area contributed by atoms with Gasteiger partial charge in [0.15, 0.2) is 0 Å². The average Bonchev–Trinajstić information content (AvgIpc) is 2.34. The van der Waals surface area contributed by atoms with Crippen molar-refractivity contribution in [1.82, 2.24) is 10.3 Å². The topological polar surface area (TPSA) is 142 Å². The van der Waals surface area contributed by atoms with E-state index in [0.717, 1.165) is 0 Å². The molecule has 0 fully saturated rings. The molecule has 1 unspecified atom stereocenters. The van der Waals surface area contributed by atoms with Gasteiger partial charge in [0.2, 0.25) is 5.91 Å². The summed E-state index contributed by atoms with van der Waals surface area (Å²) in [6.07, 6.45) is 1.03. The molecule has 5 N–H and O–H groups in total. The molecule has 8 heteroatoms. The van der Waals surface area contributed by atoms with Crippen molar-refractivity contribution in [3.05, 3.63) is 34.2 Å². The Morgan fingerprint density at radius 1 is 1.42 bits per heavy atom. The number of amides is 2. The van der Waals surface area contributed by atoms with Gasteiger partial charge in [-0.1, -0.05) is 0 Å². The molecule has 1 aromatic heterocycles. The Bertz CT molecular complexity index is 551. The quantitative estimate of drug-likeness (QED) is 0.513. The largest absolute Gasteiger partial charge is 0.480 e. The van der Waals surface area contributed by atoms with Crippen molar-refractivity contribution >= 4 is 17.8 Å². The first kappa shape index (κ1) is 14.4. The molecule has 1 atom stereocenters. The number of nitrogens with two attached hydrogens (primary N) is 1. The molecule has 8 nitrogen and oxygen atoms in total. The lowest BCUT2D eigenvalue weighted by Crippen LogP contribution is -2.43. The van der Waals surface area contributed by atoms with E-state index in [4.69, 9.17) is 10.8 Å². The second kappa shape index (κ2) is 6.34. The van der Waals surface area contributed by atoms with Crippen LogP contribution in [0, 0.1) is 0 Å². The molecule has 0 aliphatic heterocycles. The van der Waals surface area contributed by atoms with Gasteiger partial charge in [0, 0.05) is 12.6 Å². The number of rotatable bonds is 6. The number of aromatic amines is 1. The lowest BCUT2D eigenvalue weighted by Gasteiger charge is -2.13. The second-order valence-electron chi connectivity index (χ2n) is 3.78. The van der Waals surface area contributed by atoms with Crippen LogP contribution < -0.4 is 16.6 Å². The van der Waals surface area contributed by atoms with Crippen molar-refractivity contribution in [1.29, 1.82) is 0 Å². The molecule has 0 spiro atoms. The molecule has 0 saturated carbocycles. The first-order valence-electron chi connectivity index (χ1n) is 5.41. The molecule has 102 valence electrons. The Kier molecular flexibility index (Phi) is 4.81. The highest BCUT2D eigenvalue weighted by molar-refractivity contribution is 5.96. The van der Waals surface area contributed by atoms with Crippen molar-refractivity contribution < 1.29 is 19.5 Å². The minimum atomic E-state index is -1.30. The molecular formula is C11H13N3O5. The molecule has 0 aliphatic rings. The van der Waals surface area contributed by atoms with Crippen LogP contribution in [-0.2, 0) is 9.59 Å². The third kappa shape index (κ3) is 4.26. The van der Waals surface area contributed by atoms with Crippen LogP contribution in [0.15, 0.2) is 23.1 Å². The zero-order valence-electron chi connectivity index (χ0n) is 9.88. The predicted molar refractivity (Wildman–Crippen MR) is 64.4 cm³/mol. The third-order valence-electron chi connectivity index (χ3n) is 2.35. The number of aliphatic carboxylic acids is 1. The summed E-state index contributed by atoms with van der Waals surface area (Å²) in [6.45, 7) is 0. The number of carboxylic acid groups (broad SMARTS) is 1. The monoisotopic (exact) mass is 267 g/mol. The molecule has 0 saturated heterocycles. The summed E-state index contributed by atoms with van der Waals surface area (Å²) in [5, 5.41) is 11.1.